The lowest BCUT2D eigenvalue weighted by atomic mass is 9.96. The molecular formula is C27H32F3N3O2. The van der Waals surface area contributed by atoms with E-state index in [1.807, 2.05) is 11.0 Å². The van der Waals surface area contributed by atoms with Crippen LogP contribution in [0.5, 0.6) is 0 Å². The minimum atomic E-state index is -4.46. The van der Waals surface area contributed by atoms with Crippen LogP contribution < -0.4 is 10.2 Å². The molecule has 35 heavy (non-hydrogen) atoms. The van der Waals surface area contributed by atoms with Gasteiger partial charge in [-0.1, -0.05) is 13.8 Å². The zero-order valence-corrected chi connectivity index (χ0v) is 20.2. The minimum absolute atomic E-state index is 0.0452. The Morgan fingerprint density at radius 1 is 0.857 bits per heavy atom. The fourth-order valence-corrected chi connectivity index (χ4v) is 4.71. The van der Waals surface area contributed by atoms with E-state index in [0.717, 1.165) is 68.7 Å². The number of likely N-dealkylation sites (tertiary alicyclic amines) is 1. The highest BCUT2D eigenvalue weighted by Gasteiger charge is 2.30. The highest BCUT2D eigenvalue weighted by Crippen LogP contribution is 2.32. The van der Waals surface area contributed by atoms with E-state index in [2.05, 4.69) is 24.1 Å². The van der Waals surface area contributed by atoms with Crippen molar-refractivity contribution in [3.05, 3.63) is 59.2 Å². The number of anilines is 2. The lowest BCUT2D eigenvalue weighted by molar-refractivity contribution is -0.137. The van der Waals surface area contributed by atoms with E-state index in [-0.39, 0.29) is 11.5 Å². The number of rotatable bonds is 4. The van der Waals surface area contributed by atoms with Crippen LogP contribution in [0.25, 0.3) is 0 Å². The van der Waals surface area contributed by atoms with Crippen molar-refractivity contribution in [2.24, 2.45) is 11.8 Å². The topological polar surface area (TPSA) is 52.7 Å². The molecule has 5 nitrogen and oxygen atoms in total. The summed E-state index contributed by atoms with van der Waals surface area (Å²) in [5.74, 6) is 0.673. The summed E-state index contributed by atoms with van der Waals surface area (Å²) in [5.41, 5.74) is 1.17. The number of piperidine rings is 2. The third-order valence-electron chi connectivity index (χ3n) is 7.15. The smallest absolute Gasteiger partial charge is 0.371 e. The Hall–Kier alpha value is -3.03. The van der Waals surface area contributed by atoms with Crippen LogP contribution in [0.4, 0.5) is 24.5 Å². The van der Waals surface area contributed by atoms with Crippen molar-refractivity contribution in [1.82, 2.24) is 4.90 Å². The van der Waals surface area contributed by atoms with E-state index < -0.39 is 17.6 Å². The molecule has 2 fully saturated rings. The van der Waals surface area contributed by atoms with Crippen LogP contribution in [-0.4, -0.2) is 42.9 Å². The fourth-order valence-electron chi connectivity index (χ4n) is 4.71. The molecule has 4 rings (SSSR count). The molecule has 0 saturated carbocycles. The second kappa shape index (κ2) is 10.3. The Bertz CT molecular complexity index is 1050. The maximum absolute atomic E-state index is 13.6. The van der Waals surface area contributed by atoms with E-state index in [0.29, 0.717) is 36.2 Å². The van der Waals surface area contributed by atoms with Gasteiger partial charge < -0.3 is 15.1 Å². The van der Waals surface area contributed by atoms with Gasteiger partial charge in [0.05, 0.1) is 11.1 Å². The van der Waals surface area contributed by atoms with Gasteiger partial charge in [0.2, 0.25) is 0 Å². The van der Waals surface area contributed by atoms with Gasteiger partial charge in [-0.25, -0.2) is 0 Å². The number of nitrogens with one attached hydrogen (secondary N) is 1. The zero-order valence-electron chi connectivity index (χ0n) is 20.2. The van der Waals surface area contributed by atoms with Crippen molar-refractivity contribution in [1.29, 1.82) is 0 Å². The number of nitrogens with zero attached hydrogens (tertiary/aromatic N) is 2. The normalized spacial score (nSPS) is 18.0. The molecule has 1 N–H and O–H groups in total. The molecule has 2 amide bonds. The fraction of sp³-hybridized carbons (Fsp3) is 0.481. The van der Waals surface area contributed by atoms with Crippen LogP contribution in [0.15, 0.2) is 42.5 Å². The molecule has 2 saturated heterocycles. The van der Waals surface area contributed by atoms with Crippen molar-refractivity contribution < 1.29 is 22.8 Å². The van der Waals surface area contributed by atoms with Gasteiger partial charge in [-0.05, 0) is 80.0 Å². The molecule has 188 valence electrons. The molecule has 2 aliphatic heterocycles. The van der Waals surface area contributed by atoms with Gasteiger partial charge in [0.25, 0.3) is 11.8 Å². The Balaban J connectivity index is 1.57. The zero-order chi connectivity index (χ0) is 25.2. The number of benzene rings is 2. The molecule has 2 heterocycles. The Labute approximate surface area is 204 Å². The molecule has 2 aromatic carbocycles. The van der Waals surface area contributed by atoms with Gasteiger partial charge in [0.15, 0.2) is 0 Å². The van der Waals surface area contributed by atoms with Crippen molar-refractivity contribution in [3.63, 3.8) is 0 Å². The molecule has 0 unspecified atom stereocenters. The van der Waals surface area contributed by atoms with Crippen molar-refractivity contribution in [3.8, 4) is 0 Å². The molecule has 8 heteroatoms. The molecule has 0 spiro atoms. The van der Waals surface area contributed by atoms with Gasteiger partial charge in [-0.3, -0.25) is 9.59 Å². The number of carbonyl (C=O) groups excluding carboxylic acids is 2. The first-order chi connectivity index (χ1) is 16.6. The van der Waals surface area contributed by atoms with Crippen molar-refractivity contribution in [2.45, 2.75) is 45.7 Å². The number of hydrogen-bond donors (Lipinski definition) is 1. The van der Waals surface area contributed by atoms with Crippen molar-refractivity contribution in [2.75, 3.05) is 36.4 Å². The Morgan fingerprint density at radius 2 is 1.43 bits per heavy atom. The van der Waals surface area contributed by atoms with E-state index in [1.54, 1.807) is 12.1 Å². The van der Waals surface area contributed by atoms with Crippen LogP contribution >= 0.6 is 0 Å². The molecule has 2 aliphatic rings. The van der Waals surface area contributed by atoms with Gasteiger partial charge in [-0.15, -0.1) is 0 Å². The van der Waals surface area contributed by atoms with Crippen LogP contribution in [-0.2, 0) is 6.18 Å². The summed E-state index contributed by atoms with van der Waals surface area (Å²) < 4.78 is 38.5. The molecular weight excluding hydrogens is 455 g/mol. The summed E-state index contributed by atoms with van der Waals surface area (Å²) in [7, 11) is 0. The van der Waals surface area contributed by atoms with Crippen LogP contribution in [0.1, 0.15) is 65.8 Å². The second-order valence-corrected chi connectivity index (χ2v) is 9.91. The van der Waals surface area contributed by atoms with E-state index in [4.69, 9.17) is 0 Å². The molecule has 0 aromatic heterocycles. The Kier molecular flexibility index (Phi) is 7.38. The first kappa shape index (κ1) is 25.1. The number of alkyl halides is 3. The maximum atomic E-state index is 13.6. The third-order valence-corrected chi connectivity index (χ3v) is 7.15. The summed E-state index contributed by atoms with van der Waals surface area (Å²) >= 11 is 0. The van der Waals surface area contributed by atoms with Crippen molar-refractivity contribution >= 4 is 23.2 Å². The largest absolute Gasteiger partial charge is 0.416 e. The first-order valence-electron chi connectivity index (χ1n) is 12.3. The number of amides is 2. The summed E-state index contributed by atoms with van der Waals surface area (Å²) in [5, 5.41) is 2.75. The average Bonchev–Trinajstić information content (AvgIpc) is 2.84. The van der Waals surface area contributed by atoms with Crippen LogP contribution in [0.3, 0.4) is 0 Å². The minimum Gasteiger partial charge on any atom is -0.371 e. The monoisotopic (exact) mass is 487 g/mol. The van der Waals surface area contributed by atoms with Crippen LogP contribution in [0.2, 0.25) is 0 Å². The third kappa shape index (κ3) is 5.97. The molecule has 0 radical (unpaired) electrons. The predicted octanol–water partition coefficient (Wildman–Crippen LogP) is 6.07. The average molecular weight is 488 g/mol. The van der Waals surface area contributed by atoms with Gasteiger partial charge in [0.1, 0.15) is 0 Å². The summed E-state index contributed by atoms with van der Waals surface area (Å²) in [6.07, 6.45) is -0.416. The van der Waals surface area contributed by atoms with Gasteiger partial charge in [0, 0.05) is 43.1 Å². The van der Waals surface area contributed by atoms with E-state index >= 15 is 0 Å². The second-order valence-electron chi connectivity index (χ2n) is 9.91. The summed E-state index contributed by atoms with van der Waals surface area (Å²) in [6, 6.07) is 9.42. The lowest BCUT2D eigenvalue weighted by Crippen LogP contribution is -2.40. The standard InChI is InChI=1S/C27H32F3N3O2/c1-18-9-13-32(14-10-18)24-8-7-22(17-23(24)26(35)33-15-11-19(2)12-16-33)31-25(34)20-3-5-21(6-4-20)27(28,29)30/h3-8,17-19H,9-16H2,1-2H3,(H,31,34). The van der Waals surface area contributed by atoms with Gasteiger partial charge >= 0.3 is 6.18 Å². The lowest BCUT2D eigenvalue weighted by Gasteiger charge is -2.35. The SMILES string of the molecule is CC1CCN(C(=O)c2cc(NC(=O)c3ccc(C(F)(F)F)cc3)ccc2N2CCC(C)CC2)CC1. The summed E-state index contributed by atoms with van der Waals surface area (Å²) in [6.45, 7) is 7.58. The molecule has 0 aliphatic carbocycles. The molecule has 0 atom stereocenters. The maximum Gasteiger partial charge on any atom is 0.416 e. The quantitative estimate of drug-likeness (QED) is 0.570. The highest BCUT2D eigenvalue weighted by molar-refractivity contribution is 6.06. The first-order valence-corrected chi connectivity index (χ1v) is 12.3. The predicted molar refractivity (Wildman–Crippen MR) is 131 cm³/mol. The number of hydrogen-bond acceptors (Lipinski definition) is 3. The number of halogens is 3. The van der Waals surface area contributed by atoms with Crippen LogP contribution in [0, 0.1) is 11.8 Å². The molecule has 0 bridgehead atoms. The van der Waals surface area contributed by atoms with Gasteiger partial charge in [-0.2, -0.15) is 13.2 Å². The Morgan fingerprint density at radius 3 is 2.00 bits per heavy atom. The number of carbonyl (C=O) groups is 2. The summed E-state index contributed by atoms with van der Waals surface area (Å²) in [4.78, 5) is 30.4. The highest BCUT2D eigenvalue weighted by atomic mass is 19.4. The van der Waals surface area contributed by atoms with E-state index in [1.165, 1.54) is 0 Å². The van der Waals surface area contributed by atoms with E-state index in [9.17, 15) is 22.8 Å². The molecule has 2 aromatic rings.